The van der Waals surface area contributed by atoms with Crippen molar-refractivity contribution in [1.29, 1.82) is 0 Å². The maximum atomic E-state index is 12.8. The van der Waals surface area contributed by atoms with Crippen LogP contribution >= 0.6 is 0 Å². The fraction of sp³-hybridized carbons (Fsp3) is 0.115. The molecule has 0 spiro atoms. The third-order valence-corrected chi connectivity index (χ3v) is 5.54. The van der Waals surface area contributed by atoms with Crippen LogP contribution in [0.3, 0.4) is 0 Å². The minimum Gasteiger partial charge on any atom is -0.325 e. The lowest BCUT2D eigenvalue weighted by atomic mass is 10.1. The van der Waals surface area contributed by atoms with Crippen LogP contribution in [0.2, 0.25) is 0 Å². The van der Waals surface area contributed by atoms with Crippen LogP contribution < -0.4 is 16.2 Å². The van der Waals surface area contributed by atoms with E-state index < -0.39 is 16.4 Å². The van der Waals surface area contributed by atoms with Crippen LogP contribution in [-0.2, 0) is 17.6 Å². The zero-order valence-electron chi connectivity index (χ0n) is 18.8. The van der Waals surface area contributed by atoms with Gasteiger partial charge in [0.15, 0.2) is 0 Å². The SMILES string of the molecule is CCc1ccc(CC(=O)Nc2cccc3[nH]c(=O)c(C(=O)Nc4ccc([N+](=O)[O-])cc4)cc23)cc1. The van der Waals surface area contributed by atoms with Crippen molar-refractivity contribution >= 4 is 39.8 Å². The monoisotopic (exact) mass is 470 g/mol. The number of anilines is 2. The molecule has 0 radical (unpaired) electrons. The molecule has 0 aliphatic rings. The van der Waals surface area contributed by atoms with E-state index in [-0.39, 0.29) is 23.6 Å². The van der Waals surface area contributed by atoms with Gasteiger partial charge in [-0.05, 0) is 47.9 Å². The molecule has 0 fully saturated rings. The predicted molar refractivity (Wildman–Crippen MR) is 134 cm³/mol. The molecule has 4 rings (SSSR count). The highest BCUT2D eigenvalue weighted by molar-refractivity contribution is 6.08. The Morgan fingerprint density at radius 1 is 0.943 bits per heavy atom. The molecule has 2 amide bonds. The van der Waals surface area contributed by atoms with Crippen LogP contribution in [0.5, 0.6) is 0 Å². The number of fused-ring (bicyclic) bond motifs is 1. The van der Waals surface area contributed by atoms with Crippen molar-refractivity contribution in [3.05, 3.63) is 110 Å². The first-order valence-electron chi connectivity index (χ1n) is 10.9. The number of pyridine rings is 1. The molecule has 0 aliphatic heterocycles. The highest BCUT2D eigenvalue weighted by atomic mass is 16.6. The van der Waals surface area contributed by atoms with E-state index in [1.165, 1.54) is 35.9 Å². The van der Waals surface area contributed by atoms with Gasteiger partial charge in [0.25, 0.3) is 17.2 Å². The number of nitrogens with zero attached hydrogens (tertiary/aromatic N) is 1. The number of amides is 2. The molecule has 0 aliphatic carbocycles. The van der Waals surface area contributed by atoms with E-state index in [2.05, 4.69) is 22.5 Å². The largest absolute Gasteiger partial charge is 0.325 e. The van der Waals surface area contributed by atoms with E-state index in [4.69, 9.17) is 0 Å². The average molecular weight is 470 g/mol. The van der Waals surface area contributed by atoms with Crippen molar-refractivity contribution in [3.63, 3.8) is 0 Å². The Hall–Kier alpha value is -4.79. The van der Waals surface area contributed by atoms with Gasteiger partial charge in [-0.25, -0.2) is 0 Å². The summed E-state index contributed by atoms with van der Waals surface area (Å²) in [6, 6.07) is 19.6. The van der Waals surface area contributed by atoms with Crippen LogP contribution in [0, 0.1) is 10.1 Å². The number of hydrogen-bond donors (Lipinski definition) is 3. The summed E-state index contributed by atoms with van der Waals surface area (Å²) >= 11 is 0. The summed E-state index contributed by atoms with van der Waals surface area (Å²) in [6.07, 6.45) is 1.10. The van der Waals surface area contributed by atoms with Crippen LogP contribution in [0.4, 0.5) is 17.1 Å². The summed E-state index contributed by atoms with van der Waals surface area (Å²) in [6.45, 7) is 2.06. The maximum absolute atomic E-state index is 12.8. The topological polar surface area (TPSA) is 134 Å². The Kier molecular flexibility index (Phi) is 6.68. The number of hydrogen-bond acceptors (Lipinski definition) is 5. The maximum Gasteiger partial charge on any atom is 0.269 e. The van der Waals surface area contributed by atoms with Gasteiger partial charge >= 0.3 is 0 Å². The highest BCUT2D eigenvalue weighted by Crippen LogP contribution is 2.23. The number of benzene rings is 3. The molecule has 4 aromatic rings. The van der Waals surface area contributed by atoms with Crippen molar-refractivity contribution in [2.75, 3.05) is 10.6 Å². The lowest BCUT2D eigenvalue weighted by Crippen LogP contribution is -2.23. The second kappa shape index (κ2) is 10.0. The van der Waals surface area contributed by atoms with E-state index in [1.807, 2.05) is 24.3 Å². The quantitative estimate of drug-likeness (QED) is 0.271. The number of H-pyrrole nitrogens is 1. The van der Waals surface area contributed by atoms with E-state index in [9.17, 15) is 24.5 Å². The Morgan fingerprint density at radius 3 is 2.29 bits per heavy atom. The molecule has 3 N–H and O–H groups in total. The summed E-state index contributed by atoms with van der Waals surface area (Å²) < 4.78 is 0. The van der Waals surface area contributed by atoms with Gasteiger partial charge in [-0.2, -0.15) is 0 Å². The second-order valence-corrected chi connectivity index (χ2v) is 7.93. The molecular weight excluding hydrogens is 448 g/mol. The first kappa shape index (κ1) is 23.4. The highest BCUT2D eigenvalue weighted by Gasteiger charge is 2.15. The number of nitro benzene ring substituents is 1. The van der Waals surface area contributed by atoms with Gasteiger partial charge in [0, 0.05) is 23.2 Å². The first-order chi connectivity index (χ1) is 16.8. The Labute approximate surface area is 200 Å². The molecular formula is C26H22N4O5. The van der Waals surface area contributed by atoms with Crippen molar-refractivity contribution in [3.8, 4) is 0 Å². The van der Waals surface area contributed by atoms with Crippen molar-refractivity contribution in [1.82, 2.24) is 4.98 Å². The molecule has 176 valence electrons. The molecule has 0 atom stereocenters. The molecule has 35 heavy (non-hydrogen) atoms. The number of nitrogens with one attached hydrogen (secondary N) is 3. The summed E-state index contributed by atoms with van der Waals surface area (Å²) in [5, 5.41) is 16.7. The van der Waals surface area contributed by atoms with Crippen molar-refractivity contribution in [2.24, 2.45) is 0 Å². The van der Waals surface area contributed by atoms with Crippen molar-refractivity contribution in [2.45, 2.75) is 19.8 Å². The zero-order chi connectivity index (χ0) is 24.9. The zero-order valence-corrected chi connectivity index (χ0v) is 18.8. The number of aromatic nitrogens is 1. The minimum absolute atomic E-state index is 0.117. The molecule has 9 heteroatoms. The molecule has 0 bridgehead atoms. The summed E-state index contributed by atoms with van der Waals surface area (Å²) in [5.41, 5.74) is 2.40. The molecule has 0 unspecified atom stereocenters. The first-order valence-corrected chi connectivity index (χ1v) is 10.9. The van der Waals surface area contributed by atoms with Crippen LogP contribution in [-0.4, -0.2) is 21.7 Å². The molecule has 0 saturated carbocycles. The van der Waals surface area contributed by atoms with Crippen LogP contribution in [0.1, 0.15) is 28.4 Å². The number of rotatable bonds is 7. The van der Waals surface area contributed by atoms with Gasteiger partial charge in [-0.15, -0.1) is 0 Å². The normalized spacial score (nSPS) is 10.7. The Balaban J connectivity index is 1.56. The Bertz CT molecular complexity index is 1470. The van der Waals surface area contributed by atoms with E-state index >= 15 is 0 Å². The molecule has 3 aromatic carbocycles. The van der Waals surface area contributed by atoms with E-state index in [0.717, 1.165) is 12.0 Å². The third kappa shape index (κ3) is 5.41. The number of nitro groups is 1. The minimum atomic E-state index is -0.681. The van der Waals surface area contributed by atoms with Gasteiger partial charge in [0.2, 0.25) is 5.91 Å². The number of aromatic amines is 1. The summed E-state index contributed by atoms with van der Waals surface area (Å²) in [7, 11) is 0. The molecule has 1 aromatic heterocycles. The number of aryl methyl sites for hydroxylation is 1. The summed E-state index contributed by atoms with van der Waals surface area (Å²) in [5.74, 6) is -0.913. The number of carbonyl (C=O) groups is 2. The van der Waals surface area contributed by atoms with Crippen LogP contribution in [0.25, 0.3) is 10.9 Å². The average Bonchev–Trinajstić information content (AvgIpc) is 2.84. The fourth-order valence-corrected chi connectivity index (χ4v) is 3.64. The standard InChI is InChI=1S/C26H22N4O5/c1-2-16-6-8-17(9-7-16)14-24(31)28-22-4-3-5-23-20(22)15-21(26(33)29-23)25(32)27-18-10-12-19(13-11-18)30(34)35/h3-13,15H,2,14H2,1H3,(H,27,32)(H,28,31)(H,29,33). The lowest BCUT2D eigenvalue weighted by Gasteiger charge is -2.11. The van der Waals surface area contributed by atoms with E-state index in [0.29, 0.717) is 22.3 Å². The van der Waals surface area contributed by atoms with Gasteiger partial charge in [0.05, 0.1) is 22.5 Å². The van der Waals surface area contributed by atoms with Gasteiger partial charge in [-0.3, -0.25) is 24.5 Å². The van der Waals surface area contributed by atoms with Gasteiger partial charge in [0.1, 0.15) is 5.56 Å². The number of non-ortho nitro benzene ring substituents is 1. The molecule has 9 nitrogen and oxygen atoms in total. The Morgan fingerprint density at radius 2 is 1.63 bits per heavy atom. The third-order valence-electron chi connectivity index (χ3n) is 5.54. The second-order valence-electron chi connectivity index (χ2n) is 7.93. The lowest BCUT2D eigenvalue weighted by molar-refractivity contribution is -0.384. The van der Waals surface area contributed by atoms with Crippen LogP contribution in [0.15, 0.2) is 77.6 Å². The van der Waals surface area contributed by atoms with Crippen molar-refractivity contribution < 1.29 is 14.5 Å². The van der Waals surface area contributed by atoms with E-state index in [1.54, 1.807) is 18.2 Å². The number of carbonyl (C=O) groups excluding carboxylic acids is 2. The predicted octanol–water partition coefficient (Wildman–Crippen LogP) is 4.43. The van der Waals surface area contributed by atoms with Gasteiger partial charge in [-0.1, -0.05) is 37.3 Å². The van der Waals surface area contributed by atoms with Gasteiger partial charge < -0.3 is 15.6 Å². The molecule has 1 heterocycles. The fourth-order valence-electron chi connectivity index (χ4n) is 3.64. The molecule has 0 saturated heterocycles. The smallest absolute Gasteiger partial charge is 0.269 e. The summed E-state index contributed by atoms with van der Waals surface area (Å²) in [4.78, 5) is 50.9.